The Balaban J connectivity index is 1.63. The smallest absolute Gasteiger partial charge is 0.253 e. The zero-order chi connectivity index (χ0) is 16.4. The average Bonchev–Trinajstić information content (AvgIpc) is 2.85. The number of carbonyl (C=O) groups is 1. The Morgan fingerprint density at radius 2 is 2.09 bits per heavy atom. The van der Waals surface area contributed by atoms with E-state index in [0.29, 0.717) is 16.6 Å². The quantitative estimate of drug-likeness (QED) is 0.850. The van der Waals surface area contributed by atoms with Gasteiger partial charge in [-0.2, -0.15) is 0 Å². The summed E-state index contributed by atoms with van der Waals surface area (Å²) < 4.78 is 5.34. The van der Waals surface area contributed by atoms with Crippen molar-refractivity contribution in [1.29, 1.82) is 0 Å². The van der Waals surface area contributed by atoms with Crippen LogP contribution in [0.5, 0.6) is 0 Å². The molecule has 1 aromatic carbocycles. The minimum absolute atomic E-state index is 0.0939. The number of carbonyl (C=O) groups excluding carboxylic acids is 1. The van der Waals surface area contributed by atoms with Crippen LogP contribution in [0.4, 0.5) is 0 Å². The van der Waals surface area contributed by atoms with Crippen LogP contribution in [0.15, 0.2) is 24.3 Å². The summed E-state index contributed by atoms with van der Waals surface area (Å²) in [6.07, 6.45) is 4.47. The van der Waals surface area contributed by atoms with Gasteiger partial charge in [-0.25, -0.2) is 0 Å². The highest BCUT2D eigenvalue weighted by Crippen LogP contribution is 2.40. The first-order chi connectivity index (χ1) is 11.1. The molecule has 126 valence electrons. The van der Waals surface area contributed by atoms with Gasteiger partial charge in [0.1, 0.15) is 0 Å². The number of likely N-dealkylation sites (tertiary alicyclic amines) is 2. The van der Waals surface area contributed by atoms with Gasteiger partial charge >= 0.3 is 0 Å². The van der Waals surface area contributed by atoms with Crippen molar-refractivity contribution >= 4 is 17.5 Å². The van der Waals surface area contributed by atoms with E-state index >= 15 is 0 Å². The van der Waals surface area contributed by atoms with Gasteiger partial charge in [-0.3, -0.25) is 9.69 Å². The van der Waals surface area contributed by atoms with Crippen LogP contribution in [0.2, 0.25) is 5.02 Å². The number of nitrogens with zero attached hydrogens (tertiary/aromatic N) is 2. The van der Waals surface area contributed by atoms with E-state index in [9.17, 15) is 4.79 Å². The van der Waals surface area contributed by atoms with Crippen LogP contribution >= 0.6 is 11.6 Å². The molecule has 3 rings (SSSR count). The number of rotatable bonds is 3. The normalized spacial score (nSPS) is 24.3. The van der Waals surface area contributed by atoms with Gasteiger partial charge in [0.25, 0.3) is 5.91 Å². The van der Waals surface area contributed by atoms with E-state index in [1.165, 1.54) is 12.8 Å². The van der Waals surface area contributed by atoms with Gasteiger partial charge in [0.15, 0.2) is 0 Å². The first kappa shape index (κ1) is 16.7. The highest BCUT2D eigenvalue weighted by Gasteiger charge is 2.46. The lowest BCUT2D eigenvalue weighted by Crippen LogP contribution is -2.54. The van der Waals surface area contributed by atoms with Gasteiger partial charge in [0.2, 0.25) is 0 Å². The molecule has 0 aromatic heterocycles. The van der Waals surface area contributed by atoms with Crippen LogP contribution in [-0.2, 0) is 4.74 Å². The van der Waals surface area contributed by atoms with Crippen molar-refractivity contribution in [2.45, 2.75) is 37.3 Å². The van der Waals surface area contributed by atoms with E-state index in [1.54, 1.807) is 19.2 Å². The summed E-state index contributed by atoms with van der Waals surface area (Å²) in [5.74, 6) is 0.0939. The fraction of sp³-hybridized carbons (Fsp3) is 0.611. The van der Waals surface area contributed by atoms with Gasteiger partial charge in [0, 0.05) is 42.4 Å². The van der Waals surface area contributed by atoms with Crippen LogP contribution in [-0.4, -0.2) is 61.1 Å². The molecule has 0 N–H and O–H groups in total. The second kappa shape index (κ2) is 6.80. The van der Waals surface area contributed by atoms with Gasteiger partial charge in [-0.05, 0) is 50.9 Å². The molecular formula is C18H25ClN2O2. The van der Waals surface area contributed by atoms with Crippen molar-refractivity contribution < 1.29 is 9.53 Å². The maximum Gasteiger partial charge on any atom is 0.253 e. The summed E-state index contributed by atoms with van der Waals surface area (Å²) >= 11 is 6.00. The minimum Gasteiger partial charge on any atom is -0.383 e. The molecule has 2 fully saturated rings. The molecule has 1 amide bonds. The number of halogens is 1. The number of piperidine rings is 1. The molecule has 5 heteroatoms. The fourth-order valence-corrected chi connectivity index (χ4v) is 4.30. The molecule has 1 atom stereocenters. The first-order valence-electron chi connectivity index (χ1n) is 8.32. The van der Waals surface area contributed by atoms with Crippen molar-refractivity contribution in [1.82, 2.24) is 9.80 Å². The van der Waals surface area contributed by atoms with E-state index in [-0.39, 0.29) is 11.4 Å². The van der Waals surface area contributed by atoms with Crippen LogP contribution in [0, 0.1) is 0 Å². The van der Waals surface area contributed by atoms with E-state index < -0.39 is 0 Å². The van der Waals surface area contributed by atoms with Crippen LogP contribution in [0.25, 0.3) is 0 Å². The standard InChI is InChI=1S/C18H25ClN2O2/c1-20-16(13-23-2)6-7-18(20)8-10-21(11-9-18)17(22)14-4-3-5-15(19)12-14/h3-5,12,16H,6-11,13H2,1-2H3. The summed E-state index contributed by atoms with van der Waals surface area (Å²) in [5, 5.41) is 0.613. The number of benzene rings is 1. The Morgan fingerprint density at radius 1 is 1.35 bits per heavy atom. The molecule has 4 nitrogen and oxygen atoms in total. The molecule has 23 heavy (non-hydrogen) atoms. The zero-order valence-corrected chi connectivity index (χ0v) is 14.7. The number of amides is 1. The predicted octanol–water partition coefficient (Wildman–Crippen LogP) is 3.06. The molecule has 0 bridgehead atoms. The Morgan fingerprint density at radius 3 is 2.74 bits per heavy atom. The lowest BCUT2D eigenvalue weighted by atomic mass is 9.85. The molecule has 2 heterocycles. The number of ether oxygens (including phenoxy) is 1. The molecule has 1 aromatic rings. The lowest BCUT2D eigenvalue weighted by molar-refractivity contribution is 0.0273. The van der Waals surface area contributed by atoms with Gasteiger partial charge < -0.3 is 9.64 Å². The average molecular weight is 337 g/mol. The van der Waals surface area contributed by atoms with Crippen molar-refractivity contribution in [3.05, 3.63) is 34.9 Å². The van der Waals surface area contributed by atoms with E-state index in [2.05, 4.69) is 11.9 Å². The lowest BCUT2D eigenvalue weighted by Gasteiger charge is -2.45. The maximum atomic E-state index is 12.6. The molecule has 2 aliphatic heterocycles. The Bertz CT molecular complexity index is 570. The SMILES string of the molecule is COCC1CCC2(CCN(C(=O)c3cccc(Cl)c3)CC2)N1C. The predicted molar refractivity (Wildman–Crippen MR) is 92.0 cm³/mol. The highest BCUT2D eigenvalue weighted by atomic mass is 35.5. The highest BCUT2D eigenvalue weighted by molar-refractivity contribution is 6.30. The summed E-state index contributed by atoms with van der Waals surface area (Å²) in [7, 11) is 3.98. The Kier molecular flexibility index (Phi) is 4.95. The molecule has 0 saturated carbocycles. The Labute approximate surface area is 143 Å². The molecular weight excluding hydrogens is 312 g/mol. The monoisotopic (exact) mass is 336 g/mol. The molecule has 0 radical (unpaired) electrons. The van der Waals surface area contributed by atoms with Gasteiger partial charge in [-0.15, -0.1) is 0 Å². The fourth-order valence-electron chi connectivity index (χ4n) is 4.11. The summed E-state index contributed by atoms with van der Waals surface area (Å²) in [6.45, 7) is 2.42. The first-order valence-corrected chi connectivity index (χ1v) is 8.70. The molecule has 1 spiro atoms. The summed E-state index contributed by atoms with van der Waals surface area (Å²) in [4.78, 5) is 17.1. The number of hydrogen-bond donors (Lipinski definition) is 0. The Hall–Kier alpha value is -1.10. The maximum absolute atomic E-state index is 12.6. The third kappa shape index (κ3) is 3.25. The van der Waals surface area contributed by atoms with Crippen molar-refractivity contribution in [2.24, 2.45) is 0 Å². The summed E-state index contributed by atoms with van der Waals surface area (Å²) in [6, 6.07) is 7.74. The second-order valence-electron chi connectivity index (χ2n) is 6.79. The number of likely N-dealkylation sites (N-methyl/N-ethyl adjacent to an activating group) is 1. The molecule has 2 saturated heterocycles. The molecule has 1 unspecified atom stereocenters. The topological polar surface area (TPSA) is 32.8 Å². The van der Waals surface area contributed by atoms with Crippen molar-refractivity contribution in [2.75, 3.05) is 33.9 Å². The van der Waals surface area contributed by atoms with Crippen LogP contribution in [0.1, 0.15) is 36.0 Å². The second-order valence-corrected chi connectivity index (χ2v) is 7.22. The largest absolute Gasteiger partial charge is 0.383 e. The summed E-state index contributed by atoms with van der Waals surface area (Å²) in [5.41, 5.74) is 0.930. The van der Waals surface area contributed by atoms with E-state index in [1.807, 2.05) is 17.0 Å². The van der Waals surface area contributed by atoms with Crippen LogP contribution in [0.3, 0.4) is 0 Å². The third-order valence-electron chi connectivity index (χ3n) is 5.65. The van der Waals surface area contributed by atoms with Crippen LogP contribution < -0.4 is 0 Å². The minimum atomic E-state index is 0.0939. The molecule has 2 aliphatic rings. The number of hydrogen-bond acceptors (Lipinski definition) is 3. The zero-order valence-electron chi connectivity index (χ0n) is 13.9. The van der Waals surface area contributed by atoms with E-state index in [0.717, 1.165) is 32.5 Å². The molecule has 0 aliphatic carbocycles. The van der Waals surface area contributed by atoms with Crippen molar-refractivity contribution in [3.8, 4) is 0 Å². The van der Waals surface area contributed by atoms with E-state index in [4.69, 9.17) is 16.3 Å². The number of methoxy groups -OCH3 is 1. The van der Waals surface area contributed by atoms with Gasteiger partial charge in [-0.1, -0.05) is 17.7 Å². The van der Waals surface area contributed by atoms with Gasteiger partial charge in [0.05, 0.1) is 6.61 Å². The third-order valence-corrected chi connectivity index (χ3v) is 5.89. The van der Waals surface area contributed by atoms with Crippen molar-refractivity contribution in [3.63, 3.8) is 0 Å².